The highest BCUT2D eigenvalue weighted by atomic mass is 79.9. The van der Waals surface area contributed by atoms with Gasteiger partial charge in [0.2, 0.25) is 0 Å². The van der Waals surface area contributed by atoms with E-state index >= 15 is 0 Å². The van der Waals surface area contributed by atoms with Gasteiger partial charge in [-0.1, -0.05) is 29.8 Å². The van der Waals surface area contributed by atoms with E-state index in [-0.39, 0.29) is 0 Å². The molecule has 3 nitrogen and oxygen atoms in total. The Hall–Kier alpha value is -1.26. The third-order valence-electron chi connectivity index (χ3n) is 3.08. The Kier molecular flexibility index (Phi) is 5.88. The maximum Gasteiger partial charge on any atom is 0.146 e. The molecule has 0 aliphatic heterocycles. The molecule has 0 bridgehead atoms. The monoisotopic (exact) mass is 351 g/mol. The van der Waals surface area contributed by atoms with Crippen LogP contribution in [0.5, 0.6) is 5.75 Å². The highest BCUT2D eigenvalue weighted by Gasteiger charge is 2.04. The van der Waals surface area contributed by atoms with Gasteiger partial charge in [0.25, 0.3) is 0 Å². The van der Waals surface area contributed by atoms with Crippen molar-refractivity contribution in [3.63, 3.8) is 0 Å². The summed E-state index contributed by atoms with van der Waals surface area (Å²) in [5.74, 6) is 3.29. The second kappa shape index (κ2) is 7.66. The molecule has 1 aromatic heterocycles. The summed E-state index contributed by atoms with van der Waals surface area (Å²) < 4.78 is 12.6. The number of ether oxygens (including phenoxy) is 1. The summed E-state index contributed by atoms with van der Waals surface area (Å²) in [5, 5.41) is 3.36. The Labute approximate surface area is 134 Å². The third-order valence-corrected chi connectivity index (χ3v) is 3.97. The van der Waals surface area contributed by atoms with Crippen molar-refractivity contribution in [2.75, 3.05) is 6.54 Å². The number of nitrogens with one attached hydrogen (secondary N) is 1. The molecule has 2 aromatic rings. The summed E-state index contributed by atoms with van der Waals surface area (Å²) in [7, 11) is 0. The summed E-state index contributed by atoms with van der Waals surface area (Å²) in [5.41, 5.74) is 1.16. The molecule has 0 amide bonds. The van der Waals surface area contributed by atoms with Crippen LogP contribution in [0.2, 0.25) is 0 Å². The van der Waals surface area contributed by atoms with Gasteiger partial charge in [0.15, 0.2) is 0 Å². The van der Waals surface area contributed by atoms with E-state index in [1.807, 2.05) is 37.3 Å². The van der Waals surface area contributed by atoms with Gasteiger partial charge in [-0.2, -0.15) is 0 Å². The van der Waals surface area contributed by atoms with Crippen LogP contribution in [0.1, 0.15) is 30.9 Å². The molecule has 4 heteroatoms. The number of benzene rings is 1. The molecule has 1 aromatic carbocycles. The lowest BCUT2D eigenvalue weighted by atomic mass is 10.2. The van der Waals surface area contributed by atoms with E-state index in [4.69, 9.17) is 9.15 Å². The van der Waals surface area contributed by atoms with E-state index in [0.29, 0.717) is 12.5 Å². The summed E-state index contributed by atoms with van der Waals surface area (Å²) in [6, 6.07) is 9.92. The van der Waals surface area contributed by atoms with Crippen LogP contribution in [-0.4, -0.2) is 6.54 Å². The van der Waals surface area contributed by atoms with Crippen molar-refractivity contribution in [3.05, 3.63) is 51.9 Å². The minimum Gasteiger partial charge on any atom is -0.486 e. The van der Waals surface area contributed by atoms with Gasteiger partial charge in [-0.3, -0.25) is 0 Å². The average molecular weight is 352 g/mol. The first kappa shape index (κ1) is 16.1. The summed E-state index contributed by atoms with van der Waals surface area (Å²) >= 11 is 3.48. The van der Waals surface area contributed by atoms with Crippen molar-refractivity contribution in [1.82, 2.24) is 5.32 Å². The lowest BCUT2D eigenvalue weighted by Gasteiger charge is -2.07. The van der Waals surface area contributed by atoms with E-state index in [9.17, 15) is 0 Å². The third kappa shape index (κ3) is 5.21. The zero-order valence-corrected chi connectivity index (χ0v) is 14.4. The van der Waals surface area contributed by atoms with Gasteiger partial charge in [-0.15, -0.1) is 0 Å². The van der Waals surface area contributed by atoms with Crippen LogP contribution in [0, 0.1) is 12.8 Å². The Morgan fingerprint density at radius 3 is 2.67 bits per heavy atom. The van der Waals surface area contributed by atoms with Gasteiger partial charge in [-0.25, -0.2) is 0 Å². The molecule has 2 rings (SSSR count). The first-order valence-corrected chi connectivity index (χ1v) is 8.01. The maximum absolute atomic E-state index is 5.75. The SMILES string of the molecule is Cc1cc(OCc2ccc(CNCC(C)C)o2)ccc1Br. The molecule has 0 saturated carbocycles. The van der Waals surface area contributed by atoms with Gasteiger partial charge in [0.1, 0.15) is 23.9 Å². The van der Waals surface area contributed by atoms with Crippen LogP contribution in [0.4, 0.5) is 0 Å². The standard InChI is InChI=1S/C17H22BrNO2/c1-12(2)9-19-10-15-4-5-16(21-15)11-20-14-6-7-17(18)13(3)8-14/h4-8,12,19H,9-11H2,1-3H3. The Morgan fingerprint density at radius 1 is 1.19 bits per heavy atom. The van der Waals surface area contributed by atoms with Crippen LogP contribution >= 0.6 is 15.9 Å². The zero-order valence-electron chi connectivity index (χ0n) is 12.8. The van der Waals surface area contributed by atoms with E-state index < -0.39 is 0 Å². The van der Waals surface area contributed by atoms with Crippen molar-refractivity contribution < 1.29 is 9.15 Å². The van der Waals surface area contributed by atoms with Crippen LogP contribution in [0.15, 0.2) is 39.2 Å². The van der Waals surface area contributed by atoms with Crippen LogP contribution in [0.3, 0.4) is 0 Å². The molecule has 0 saturated heterocycles. The molecular formula is C17H22BrNO2. The lowest BCUT2D eigenvalue weighted by molar-refractivity contribution is 0.264. The molecule has 114 valence electrons. The molecule has 1 heterocycles. The van der Waals surface area contributed by atoms with E-state index in [1.54, 1.807) is 0 Å². The van der Waals surface area contributed by atoms with Crippen molar-refractivity contribution in [2.24, 2.45) is 5.92 Å². The predicted octanol–water partition coefficient (Wildman–Crippen LogP) is 4.68. The maximum atomic E-state index is 5.75. The number of aryl methyl sites for hydroxylation is 1. The predicted molar refractivity (Wildman–Crippen MR) is 88.5 cm³/mol. The quantitative estimate of drug-likeness (QED) is 0.786. The Bertz CT molecular complexity index is 578. The lowest BCUT2D eigenvalue weighted by Crippen LogP contribution is -2.18. The van der Waals surface area contributed by atoms with E-state index in [2.05, 4.69) is 35.1 Å². The molecule has 0 aliphatic carbocycles. The molecule has 0 atom stereocenters. The van der Waals surface area contributed by atoms with Gasteiger partial charge in [0, 0.05) is 4.47 Å². The second-order valence-corrected chi connectivity index (χ2v) is 6.45. The topological polar surface area (TPSA) is 34.4 Å². The molecule has 21 heavy (non-hydrogen) atoms. The number of hydrogen-bond acceptors (Lipinski definition) is 3. The summed E-state index contributed by atoms with van der Waals surface area (Å²) in [6.45, 7) is 8.62. The van der Waals surface area contributed by atoms with Crippen LogP contribution in [0.25, 0.3) is 0 Å². The molecule has 1 N–H and O–H groups in total. The minimum absolute atomic E-state index is 0.450. The van der Waals surface area contributed by atoms with Gasteiger partial charge in [-0.05, 0) is 55.3 Å². The fourth-order valence-corrected chi connectivity index (χ4v) is 2.19. The highest BCUT2D eigenvalue weighted by molar-refractivity contribution is 9.10. The number of halogens is 1. The number of rotatable bonds is 7. The summed E-state index contributed by atoms with van der Waals surface area (Å²) in [4.78, 5) is 0. The van der Waals surface area contributed by atoms with E-state index in [1.165, 1.54) is 0 Å². The largest absolute Gasteiger partial charge is 0.486 e. The van der Waals surface area contributed by atoms with Crippen molar-refractivity contribution in [1.29, 1.82) is 0 Å². The fourth-order valence-electron chi connectivity index (χ4n) is 1.94. The first-order chi connectivity index (χ1) is 10.0. The zero-order chi connectivity index (χ0) is 15.2. The molecule has 0 fully saturated rings. The van der Waals surface area contributed by atoms with Gasteiger partial charge in [0.05, 0.1) is 6.54 Å². The molecular weight excluding hydrogens is 330 g/mol. The van der Waals surface area contributed by atoms with Crippen LogP contribution < -0.4 is 10.1 Å². The van der Waals surface area contributed by atoms with Crippen molar-refractivity contribution in [3.8, 4) is 5.75 Å². The van der Waals surface area contributed by atoms with E-state index in [0.717, 1.165) is 40.4 Å². The average Bonchev–Trinajstić information content (AvgIpc) is 2.88. The van der Waals surface area contributed by atoms with Crippen molar-refractivity contribution >= 4 is 15.9 Å². The number of hydrogen-bond donors (Lipinski definition) is 1. The number of furan rings is 1. The smallest absolute Gasteiger partial charge is 0.146 e. The summed E-state index contributed by atoms with van der Waals surface area (Å²) in [6.07, 6.45) is 0. The highest BCUT2D eigenvalue weighted by Crippen LogP contribution is 2.22. The molecule has 0 spiro atoms. The van der Waals surface area contributed by atoms with Gasteiger partial charge >= 0.3 is 0 Å². The molecule has 0 radical (unpaired) electrons. The molecule has 0 aliphatic rings. The molecule has 0 unspecified atom stereocenters. The fraction of sp³-hybridized carbons (Fsp3) is 0.412. The van der Waals surface area contributed by atoms with Crippen molar-refractivity contribution in [2.45, 2.75) is 33.9 Å². The normalized spacial score (nSPS) is 11.1. The van der Waals surface area contributed by atoms with Crippen LogP contribution in [-0.2, 0) is 13.2 Å². The Morgan fingerprint density at radius 2 is 1.95 bits per heavy atom. The second-order valence-electron chi connectivity index (χ2n) is 5.59. The van der Waals surface area contributed by atoms with Gasteiger partial charge < -0.3 is 14.5 Å². The minimum atomic E-state index is 0.450. The Balaban J connectivity index is 1.83. The first-order valence-electron chi connectivity index (χ1n) is 7.22.